The predicted octanol–water partition coefficient (Wildman–Crippen LogP) is 6.91. The van der Waals surface area contributed by atoms with Gasteiger partial charge in [-0.1, -0.05) is 30.8 Å². The smallest absolute Gasteiger partial charge is 0.294 e. The molecule has 0 aliphatic heterocycles. The molecule has 0 unspecified atom stereocenters. The van der Waals surface area contributed by atoms with Crippen LogP contribution >= 0.6 is 0 Å². The summed E-state index contributed by atoms with van der Waals surface area (Å²) in [6.45, 7) is 6.08. The summed E-state index contributed by atoms with van der Waals surface area (Å²) in [5.74, 6) is 0.339. The van der Waals surface area contributed by atoms with Gasteiger partial charge in [-0.2, -0.15) is 18.8 Å². The van der Waals surface area contributed by atoms with Gasteiger partial charge in [0.15, 0.2) is 15.7 Å². The Morgan fingerprint density at radius 1 is 0.915 bits per heavy atom. The second-order valence-electron chi connectivity index (χ2n) is 10.0. The summed E-state index contributed by atoms with van der Waals surface area (Å²) >= 11 is 0. The Bertz CT molecular complexity index is 2090. The molecular formula is C31H32N8O6S2. The minimum atomic E-state index is -4.33. The fourth-order valence-electron chi connectivity index (χ4n) is 4.36. The van der Waals surface area contributed by atoms with Gasteiger partial charge >= 0.3 is 0 Å². The van der Waals surface area contributed by atoms with E-state index in [1.807, 2.05) is 24.3 Å². The van der Waals surface area contributed by atoms with Crippen molar-refractivity contribution in [1.29, 1.82) is 5.26 Å². The van der Waals surface area contributed by atoms with E-state index in [2.05, 4.69) is 48.7 Å². The highest BCUT2D eigenvalue weighted by Gasteiger charge is 2.18. The monoisotopic (exact) mass is 676 g/mol. The fourth-order valence-corrected chi connectivity index (χ4v) is 5.40. The molecule has 0 bridgehead atoms. The third kappa shape index (κ3) is 9.01. The molecule has 244 valence electrons. The molecule has 0 aliphatic rings. The highest BCUT2D eigenvalue weighted by atomic mass is 32.2. The molecule has 0 radical (unpaired) electrons. The van der Waals surface area contributed by atoms with Crippen LogP contribution in [0.15, 0.2) is 98.0 Å². The van der Waals surface area contributed by atoms with E-state index in [9.17, 15) is 26.7 Å². The first-order valence-electron chi connectivity index (χ1n) is 14.2. The number of benzene rings is 3. The minimum absolute atomic E-state index is 0.0134. The van der Waals surface area contributed by atoms with Crippen molar-refractivity contribution in [3.8, 4) is 6.07 Å². The summed E-state index contributed by atoms with van der Waals surface area (Å²) in [6.07, 6.45) is 0.673. The predicted molar refractivity (Wildman–Crippen MR) is 180 cm³/mol. The molecule has 0 fully saturated rings. The molecule has 1 heterocycles. The van der Waals surface area contributed by atoms with Crippen LogP contribution in [-0.4, -0.2) is 58.9 Å². The zero-order valence-corrected chi connectivity index (χ0v) is 27.2. The van der Waals surface area contributed by atoms with E-state index >= 15 is 0 Å². The van der Waals surface area contributed by atoms with Crippen molar-refractivity contribution >= 4 is 65.1 Å². The van der Waals surface area contributed by atoms with Gasteiger partial charge in [0, 0.05) is 48.6 Å². The molecule has 16 heteroatoms. The average Bonchev–Trinajstić information content (AvgIpc) is 3.05. The number of anilines is 2. The number of nitrogens with one attached hydrogen (secondary N) is 2. The molecule has 0 amide bonds. The van der Waals surface area contributed by atoms with Crippen LogP contribution < -0.4 is 10.6 Å². The lowest BCUT2D eigenvalue weighted by Crippen LogP contribution is -2.16. The van der Waals surface area contributed by atoms with Crippen LogP contribution in [0.5, 0.6) is 0 Å². The Labute approximate surface area is 272 Å². The molecule has 0 atom stereocenters. The number of fused-ring (bicyclic) bond motifs is 1. The van der Waals surface area contributed by atoms with Gasteiger partial charge < -0.3 is 15.4 Å². The van der Waals surface area contributed by atoms with Gasteiger partial charge in [0.2, 0.25) is 0 Å². The van der Waals surface area contributed by atoms with E-state index in [0.29, 0.717) is 58.8 Å². The number of nitrogens with zero attached hydrogens (tertiary/aromatic N) is 6. The maximum Gasteiger partial charge on any atom is 0.294 e. The molecule has 3 N–H and O–H groups in total. The Kier molecular flexibility index (Phi) is 11.5. The first-order chi connectivity index (χ1) is 22.5. The van der Waals surface area contributed by atoms with Crippen molar-refractivity contribution in [3.63, 3.8) is 0 Å². The lowest BCUT2D eigenvalue weighted by Gasteiger charge is -2.15. The molecule has 14 nitrogen and oxygen atoms in total. The number of azo groups is 2. The molecule has 3 aromatic carbocycles. The van der Waals surface area contributed by atoms with E-state index in [4.69, 9.17) is 4.74 Å². The number of hydrogen-bond acceptors (Lipinski definition) is 13. The molecule has 0 spiro atoms. The Hall–Kier alpha value is -5.08. The maximum atomic E-state index is 12.0. The number of pyridine rings is 1. The lowest BCUT2D eigenvalue weighted by atomic mass is 10.1. The van der Waals surface area contributed by atoms with Gasteiger partial charge in [-0.3, -0.25) is 4.55 Å². The number of hydrogen-bond donors (Lipinski definition) is 3. The second-order valence-corrected chi connectivity index (χ2v) is 13.5. The fraction of sp³-hybridized carbons (Fsp3) is 0.226. The first kappa shape index (κ1) is 34.8. The Morgan fingerprint density at radius 3 is 2.11 bits per heavy atom. The van der Waals surface area contributed by atoms with E-state index in [1.54, 1.807) is 26.2 Å². The molecule has 4 rings (SSSR count). The number of nitriles is 1. The number of aromatic nitrogens is 1. The van der Waals surface area contributed by atoms with E-state index < -0.39 is 20.0 Å². The van der Waals surface area contributed by atoms with Crippen molar-refractivity contribution in [2.45, 2.75) is 18.2 Å². The van der Waals surface area contributed by atoms with Crippen molar-refractivity contribution < 1.29 is 26.1 Å². The second kappa shape index (κ2) is 15.5. The van der Waals surface area contributed by atoms with E-state index in [1.165, 1.54) is 24.3 Å². The molecule has 0 saturated carbocycles. The quantitative estimate of drug-likeness (QED) is 0.0673. The van der Waals surface area contributed by atoms with E-state index in [-0.39, 0.29) is 34.3 Å². The standard InChI is InChI=1S/C31H32N8O6S2/c1-4-46(40,41)19-17-34-31-29(21(2)26(20-32)30(35-31)33-16-7-18-45-3)39-38-28-15-14-27(24-8-5-6-9-25(24)28)37-36-22-10-12-23(13-11-22)47(42,43)44/h4-6,8-15H,1,7,16-19H2,2-3H3,(H2,33,34,35)(H,42,43,44)/b37-36+,39-38+. The summed E-state index contributed by atoms with van der Waals surface area (Å²) < 4.78 is 60.9. The highest BCUT2D eigenvalue weighted by molar-refractivity contribution is 7.94. The van der Waals surface area contributed by atoms with Gasteiger partial charge in [-0.15, -0.1) is 15.3 Å². The Balaban J connectivity index is 1.70. The van der Waals surface area contributed by atoms with Crippen molar-refractivity contribution in [3.05, 3.63) is 83.8 Å². The number of ether oxygens (including phenoxy) is 1. The SMILES string of the molecule is C=CS(=O)(=O)CCNc1nc(NCCCOC)c(C#N)c(C)c1/N=N/c1ccc(/N=N/c2ccc(S(=O)(=O)O)cc2)c2ccccc12. The van der Waals surface area contributed by atoms with Gasteiger partial charge in [0.1, 0.15) is 17.6 Å². The summed E-state index contributed by atoms with van der Waals surface area (Å²) in [4.78, 5) is 4.32. The van der Waals surface area contributed by atoms with Crippen LogP contribution in [0.2, 0.25) is 0 Å². The zero-order valence-electron chi connectivity index (χ0n) is 25.6. The van der Waals surface area contributed by atoms with Gasteiger partial charge in [0.25, 0.3) is 10.1 Å². The van der Waals surface area contributed by atoms with Crippen LogP contribution in [0.1, 0.15) is 17.5 Å². The van der Waals surface area contributed by atoms with Gasteiger partial charge in [-0.05, 0) is 49.7 Å². The summed E-state index contributed by atoms with van der Waals surface area (Å²) in [5, 5.41) is 35.9. The highest BCUT2D eigenvalue weighted by Crippen LogP contribution is 2.38. The van der Waals surface area contributed by atoms with Crippen molar-refractivity contribution in [1.82, 2.24) is 4.98 Å². The zero-order chi connectivity index (χ0) is 34.0. The van der Waals surface area contributed by atoms with Crippen LogP contribution in [0, 0.1) is 18.3 Å². The molecule has 0 saturated heterocycles. The number of sulfone groups is 1. The summed E-state index contributed by atoms with van der Waals surface area (Å²) in [5.41, 5.74) is 2.39. The third-order valence-corrected chi connectivity index (χ3v) is 8.97. The van der Waals surface area contributed by atoms with Crippen LogP contribution in [0.4, 0.5) is 34.4 Å². The lowest BCUT2D eigenvalue weighted by molar-refractivity contribution is 0.198. The van der Waals surface area contributed by atoms with Gasteiger partial charge in [0.05, 0.1) is 33.3 Å². The molecule has 1 aromatic heterocycles. The summed E-state index contributed by atoms with van der Waals surface area (Å²) in [6, 6.07) is 18.2. The number of rotatable bonds is 15. The van der Waals surface area contributed by atoms with Crippen LogP contribution in [-0.2, 0) is 24.7 Å². The van der Waals surface area contributed by atoms with Crippen LogP contribution in [0.25, 0.3) is 10.8 Å². The first-order valence-corrected chi connectivity index (χ1v) is 17.3. The van der Waals surface area contributed by atoms with Gasteiger partial charge in [-0.25, -0.2) is 13.4 Å². The van der Waals surface area contributed by atoms with Crippen molar-refractivity contribution in [2.24, 2.45) is 20.5 Å². The number of methoxy groups -OCH3 is 1. The normalized spacial score (nSPS) is 12.0. The van der Waals surface area contributed by atoms with Crippen molar-refractivity contribution in [2.75, 3.05) is 43.2 Å². The molecule has 0 aliphatic carbocycles. The van der Waals surface area contributed by atoms with E-state index in [0.717, 1.165) is 5.41 Å². The Morgan fingerprint density at radius 2 is 1.53 bits per heavy atom. The molecule has 4 aromatic rings. The van der Waals surface area contributed by atoms with Crippen LogP contribution in [0.3, 0.4) is 0 Å². The molecule has 47 heavy (non-hydrogen) atoms. The summed E-state index contributed by atoms with van der Waals surface area (Å²) in [7, 11) is -6.21. The molecular weight excluding hydrogens is 645 g/mol. The largest absolute Gasteiger partial charge is 0.385 e. The minimum Gasteiger partial charge on any atom is -0.385 e. The topological polar surface area (TPSA) is 208 Å². The maximum absolute atomic E-state index is 12.0. The average molecular weight is 677 g/mol. The third-order valence-electron chi connectivity index (χ3n) is 6.82.